The van der Waals surface area contributed by atoms with Crippen LogP contribution in [0.25, 0.3) is 0 Å². The van der Waals surface area contributed by atoms with Crippen LogP contribution in [0, 0.1) is 17.8 Å². The van der Waals surface area contributed by atoms with Crippen molar-refractivity contribution in [3.63, 3.8) is 0 Å². The average Bonchev–Trinajstić information content (AvgIpc) is 3.37. The molecule has 0 aromatic rings. The van der Waals surface area contributed by atoms with E-state index in [2.05, 4.69) is 6.58 Å². The van der Waals surface area contributed by atoms with E-state index in [0.717, 1.165) is 0 Å². The molecule has 3 saturated heterocycles. The summed E-state index contributed by atoms with van der Waals surface area (Å²) >= 11 is 0. The number of carbonyl (C=O) groups excluding carboxylic acids is 2. The third kappa shape index (κ3) is 2.03. The van der Waals surface area contributed by atoms with Gasteiger partial charge in [-0.15, -0.1) is 0 Å². The number of rotatable bonds is 3. The summed E-state index contributed by atoms with van der Waals surface area (Å²) in [5, 5.41) is 11.4. The summed E-state index contributed by atoms with van der Waals surface area (Å²) in [7, 11) is 0. The van der Waals surface area contributed by atoms with Gasteiger partial charge in [0.05, 0.1) is 17.4 Å². The van der Waals surface area contributed by atoms with E-state index in [1.165, 1.54) is 0 Å². The van der Waals surface area contributed by atoms with Crippen molar-refractivity contribution in [2.45, 2.75) is 81.8 Å². The maximum atomic E-state index is 12.4. The Balaban J connectivity index is 1.55. The highest BCUT2D eigenvalue weighted by Gasteiger charge is 2.93. The number of hydrogen-bond donors (Lipinski definition) is 1. The molecule has 0 aromatic carbocycles. The fourth-order valence-electron chi connectivity index (χ4n) is 5.99. The largest absolute Gasteiger partial charge is 0.461 e. The highest BCUT2D eigenvalue weighted by Crippen LogP contribution is 2.75. The molecule has 1 spiro atoms. The van der Waals surface area contributed by atoms with Gasteiger partial charge in [0.1, 0.15) is 35.6 Å². The monoisotopic (exact) mass is 378 g/mol. The first kappa shape index (κ1) is 17.6. The number of carbonyl (C=O) groups is 2. The minimum Gasteiger partial charge on any atom is -0.461 e. The van der Waals surface area contributed by atoms with Gasteiger partial charge in [0.2, 0.25) is 0 Å². The van der Waals surface area contributed by atoms with Crippen LogP contribution in [0.15, 0.2) is 12.2 Å². The van der Waals surface area contributed by atoms with Gasteiger partial charge in [-0.3, -0.25) is 4.79 Å². The zero-order valence-electron chi connectivity index (χ0n) is 16.1. The number of epoxide rings is 2. The second-order valence-electron chi connectivity index (χ2n) is 9.56. The summed E-state index contributed by atoms with van der Waals surface area (Å²) in [5.41, 5.74) is -2.28. The first-order valence-electron chi connectivity index (χ1n) is 9.70. The quantitative estimate of drug-likeness (QED) is 0.446. The highest BCUT2D eigenvalue weighted by molar-refractivity contribution is 5.91. The smallest absolute Gasteiger partial charge is 0.334 e. The molecule has 7 nitrogen and oxygen atoms in total. The van der Waals surface area contributed by atoms with Gasteiger partial charge in [0.15, 0.2) is 0 Å². The number of esters is 2. The molecule has 0 unspecified atom stereocenters. The third-order valence-corrected chi connectivity index (χ3v) is 7.22. The zero-order valence-corrected chi connectivity index (χ0v) is 16.1. The van der Waals surface area contributed by atoms with Crippen LogP contribution in [-0.2, 0) is 28.5 Å². The molecule has 5 aliphatic rings. The lowest BCUT2D eigenvalue weighted by Gasteiger charge is -2.36. The Kier molecular flexibility index (Phi) is 3.22. The first-order valence-corrected chi connectivity index (χ1v) is 9.70. The normalized spacial score (nSPS) is 54.4. The minimum atomic E-state index is -1.23. The van der Waals surface area contributed by atoms with Crippen molar-refractivity contribution < 1.29 is 33.6 Å². The Morgan fingerprint density at radius 2 is 2.04 bits per heavy atom. The summed E-state index contributed by atoms with van der Waals surface area (Å²) in [6, 6.07) is 0. The van der Waals surface area contributed by atoms with Crippen molar-refractivity contribution in [3.8, 4) is 0 Å². The highest BCUT2D eigenvalue weighted by atomic mass is 16.7. The summed E-state index contributed by atoms with van der Waals surface area (Å²) < 4.78 is 23.4. The zero-order chi connectivity index (χ0) is 19.5. The molecule has 0 bridgehead atoms. The van der Waals surface area contributed by atoms with E-state index in [1.807, 2.05) is 20.8 Å². The predicted octanol–water partition coefficient (Wildman–Crippen LogP) is 1.12. The predicted molar refractivity (Wildman–Crippen MR) is 91.5 cm³/mol. The standard InChI is InChI=1S/C20H26O7/c1-8(2)6-11(21)24-10-7-18(4,23)20-14(13-12(10)9(3)17(22)25-13)19(5)15(26-19)16(20)27-20/h8,10,12-16,23H,3,6-7H2,1-2,4-5H3/t10-,12+,13-,14-,15+,16-,18+,19-,20+/m0/s1. The topological polar surface area (TPSA) is 97.9 Å². The number of fused-ring (bicyclic) bond motifs is 5. The number of ether oxygens (including phenoxy) is 4. The molecule has 1 N–H and O–H groups in total. The summed E-state index contributed by atoms with van der Waals surface area (Å²) in [6.45, 7) is 11.5. The maximum absolute atomic E-state index is 12.4. The van der Waals surface area contributed by atoms with Gasteiger partial charge in [-0.1, -0.05) is 20.4 Å². The average molecular weight is 378 g/mol. The molecule has 2 saturated carbocycles. The van der Waals surface area contributed by atoms with Crippen LogP contribution in [0.1, 0.15) is 40.5 Å². The molecule has 5 rings (SSSR count). The SMILES string of the molecule is C=C1C(=O)O[C@H]2[C@H]1[C@@H](OC(=O)CC(C)C)C[C@@](C)(O)[C@]13O[C@H]1[C@H]1O[C@@]1(C)[C@H]23. The molecule has 3 aliphatic heterocycles. The maximum Gasteiger partial charge on any atom is 0.334 e. The molecule has 148 valence electrons. The molecule has 9 atom stereocenters. The van der Waals surface area contributed by atoms with Gasteiger partial charge >= 0.3 is 11.9 Å². The van der Waals surface area contributed by atoms with E-state index in [0.29, 0.717) is 5.57 Å². The van der Waals surface area contributed by atoms with E-state index < -0.39 is 40.9 Å². The molecule has 0 amide bonds. The molecular weight excluding hydrogens is 352 g/mol. The molecule has 0 radical (unpaired) electrons. The molecule has 3 heterocycles. The summed E-state index contributed by atoms with van der Waals surface area (Å²) in [4.78, 5) is 24.7. The number of hydrogen-bond acceptors (Lipinski definition) is 7. The molecule has 7 heteroatoms. The molecule has 2 aliphatic carbocycles. The van der Waals surface area contributed by atoms with Gasteiger partial charge in [0, 0.05) is 18.4 Å². The van der Waals surface area contributed by atoms with Crippen LogP contribution < -0.4 is 0 Å². The summed E-state index contributed by atoms with van der Waals surface area (Å²) in [6.07, 6.45) is -1.15. The Morgan fingerprint density at radius 1 is 1.33 bits per heavy atom. The van der Waals surface area contributed by atoms with Gasteiger partial charge in [0.25, 0.3) is 0 Å². The second-order valence-corrected chi connectivity index (χ2v) is 9.56. The lowest BCUT2D eigenvalue weighted by Crippen LogP contribution is -2.53. The van der Waals surface area contributed by atoms with E-state index in [-0.39, 0.29) is 42.9 Å². The molecule has 5 fully saturated rings. The Hall–Kier alpha value is -1.44. The van der Waals surface area contributed by atoms with Gasteiger partial charge < -0.3 is 24.1 Å². The second kappa shape index (κ2) is 4.93. The minimum absolute atomic E-state index is 0.0952. The summed E-state index contributed by atoms with van der Waals surface area (Å²) in [5.74, 6) is -1.50. The van der Waals surface area contributed by atoms with Crippen LogP contribution in [0.2, 0.25) is 0 Å². The van der Waals surface area contributed by atoms with Crippen molar-refractivity contribution in [2.24, 2.45) is 17.8 Å². The molecular formula is C20H26O7. The Morgan fingerprint density at radius 3 is 2.70 bits per heavy atom. The fraction of sp³-hybridized carbons (Fsp3) is 0.800. The molecule has 27 heavy (non-hydrogen) atoms. The van der Waals surface area contributed by atoms with E-state index in [1.54, 1.807) is 6.92 Å². The van der Waals surface area contributed by atoms with Crippen molar-refractivity contribution in [1.82, 2.24) is 0 Å². The third-order valence-electron chi connectivity index (χ3n) is 7.22. The van der Waals surface area contributed by atoms with Crippen molar-refractivity contribution >= 4 is 11.9 Å². The van der Waals surface area contributed by atoms with Crippen molar-refractivity contribution in [3.05, 3.63) is 12.2 Å². The van der Waals surface area contributed by atoms with Crippen molar-refractivity contribution in [2.75, 3.05) is 0 Å². The van der Waals surface area contributed by atoms with E-state index >= 15 is 0 Å². The van der Waals surface area contributed by atoms with Gasteiger partial charge in [-0.05, 0) is 19.8 Å². The number of aliphatic hydroxyl groups is 1. The lowest BCUT2D eigenvalue weighted by atomic mass is 9.74. The van der Waals surface area contributed by atoms with Crippen LogP contribution >= 0.6 is 0 Å². The van der Waals surface area contributed by atoms with Crippen LogP contribution in [0.4, 0.5) is 0 Å². The van der Waals surface area contributed by atoms with Gasteiger partial charge in [-0.2, -0.15) is 0 Å². The van der Waals surface area contributed by atoms with Crippen LogP contribution in [-0.4, -0.2) is 58.3 Å². The molecule has 0 aromatic heterocycles. The first-order chi connectivity index (χ1) is 12.5. The Bertz CT molecular complexity index is 757. The van der Waals surface area contributed by atoms with Crippen LogP contribution in [0.5, 0.6) is 0 Å². The lowest BCUT2D eigenvalue weighted by molar-refractivity contribution is -0.156. The van der Waals surface area contributed by atoms with Gasteiger partial charge in [-0.25, -0.2) is 4.79 Å². The van der Waals surface area contributed by atoms with E-state index in [9.17, 15) is 14.7 Å². The fourth-order valence-corrected chi connectivity index (χ4v) is 5.99. The Labute approximate surface area is 158 Å². The van der Waals surface area contributed by atoms with Crippen LogP contribution in [0.3, 0.4) is 0 Å². The van der Waals surface area contributed by atoms with Crippen molar-refractivity contribution in [1.29, 1.82) is 0 Å². The van der Waals surface area contributed by atoms with E-state index in [4.69, 9.17) is 18.9 Å².